The molecule has 0 aromatic rings. The van der Waals surface area contributed by atoms with Crippen LogP contribution in [0.3, 0.4) is 0 Å². The number of hydrogen-bond acceptors (Lipinski definition) is 3. The van der Waals surface area contributed by atoms with E-state index in [1.165, 1.54) is 0 Å². The molecule has 3 nitrogen and oxygen atoms in total. The van der Waals surface area contributed by atoms with Gasteiger partial charge in [-0.3, -0.25) is 4.90 Å². The maximum atomic E-state index is 5.63. The Hall–Kier alpha value is 0.170. The van der Waals surface area contributed by atoms with Gasteiger partial charge in [0, 0.05) is 25.7 Å². The van der Waals surface area contributed by atoms with Gasteiger partial charge in [-0.25, -0.2) is 0 Å². The van der Waals surface area contributed by atoms with Gasteiger partial charge in [-0.05, 0) is 6.54 Å². The lowest BCUT2D eigenvalue weighted by molar-refractivity contribution is -0.0446. The van der Waals surface area contributed by atoms with Gasteiger partial charge < -0.3 is 10.1 Å². The van der Waals surface area contributed by atoms with Crippen LogP contribution in [0.2, 0.25) is 0 Å². The normalized spacial score (nSPS) is 35.8. The van der Waals surface area contributed by atoms with Crippen LogP contribution in [0.5, 0.6) is 0 Å². The van der Waals surface area contributed by atoms with Crippen molar-refractivity contribution in [3.8, 4) is 0 Å². The lowest BCUT2D eigenvalue weighted by Crippen LogP contribution is -2.50. The molecule has 0 aromatic heterocycles. The van der Waals surface area contributed by atoms with Crippen LogP contribution in [0.4, 0.5) is 0 Å². The highest BCUT2D eigenvalue weighted by Crippen LogP contribution is 2.16. The molecule has 2 rings (SSSR count). The van der Waals surface area contributed by atoms with Crippen molar-refractivity contribution in [2.75, 3.05) is 32.8 Å². The molecule has 0 bridgehead atoms. The smallest absolute Gasteiger partial charge is 0.0867 e. The van der Waals surface area contributed by atoms with E-state index >= 15 is 0 Å². The third kappa shape index (κ3) is 1.74. The number of fused-ring (bicyclic) bond motifs is 1. The molecule has 2 aliphatic rings. The Labute approximate surface area is 79.9 Å². The van der Waals surface area contributed by atoms with E-state index in [4.69, 9.17) is 4.74 Å². The second kappa shape index (κ2) is 4.42. The molecule has 0 amide bonds. The lowest BCUT2D eigenvalue weighted by atomic mass is 10.1. The first-order chi connectivity index (χ1) is 5.42. The molecule has 4 heteroatoms. The fourth-order valence-electron chi connectivity index (χ4n) is 2.05. The maximum Gasteiger partial charge on any atom is 0.0867 e. The molecule has 72 valence electrons. The third-order valence-electron chi connectivity index (χ3n) is 2.71. The summed E-state index contributed by atoms with van der Waals surface area (Å²) >= 11 is 0. The van der Waals surface area contributed by atoms with E-state index in [1.807, 2.05) is 0 Å². The summed E-state index contributed by atoms with van der Waals surface area (Å²) in [6.07, 6.45) is 0.462. The van der Waals surface area contributed by atoms with E-state index in [1.54, 1.807) is 0 Å². The number of ether oxygens (including phenoxy) is 1. The number of morpholine rings is 1. The van der Waals surface area contributed by atoms with Gasteiger partial charge in [0.15, 0.2) is 0 Å². The molecule has 12 heavy (non-hydrogen) atoms. The van der Waals surface area contributed by atoms with Crippen molar-refractivity contribution in [1.82, 2.24) is 10.2 Å². The lowest BCUT2D eigenvalue weighted by Gasteiger charge is -2.36. The van der Waals surface area contributed by atoms with Gasteiger partial charge in [0.2, 0.25) is 0 Å². The Kier molecular flexibility index (Phi) is 3.77. The molecule has 2 atom stereocenters. The molecule has 0 unspecified atom stereocenters. The molecule has 0 spiro atoms. The predicted octanol–water partition coefficient (Wildman–Crippen LogP) is 0.101. The Morgan fingerprint density at radius 1 is 1.50 bits per heavy atom. The minimum absolute atomic E-state index is 0. The van der Waals surface area contributed by atoms with Gasteiger partial charge >= 0.3 is 0 Å². The molecule has 2 heterocycles. The molecule has 0 aromatic carbocycles. The highest BCUT2D eigenvalue weighted by Gasteiger charge is 2.34. The summed E-state index contributed by atoms with van der Waals surface area (Å²) in [5.41, 5.74) is 0. The van der Waals surface area contributed by atoms with E-state index in [-0.39, 0.29) is 12.4 Å². The van der Waals surface area contributed by atoms with Crippen LogP contribution in [0.25, 0.3) is 0 Å². The standard InChI is InChI=1S/C8H16N2O.ClH/c1-2-10-3-4-11-8-6-9-5-7(8)10;/h7-9H,2-6H2,1H3;1H/t7-,8-;/m1./s1. The molecular weight excluding hydrogens is 176 g/mol. The first kappa shape index (κ1) is 10.3. The highest BCUT2D eigenvalue weighted by atomic mass is 35.5. The Bertz CT molecular complexity index is 145. The van der Waals surface area contributed by atoms with E-state index in [9.17, 15) is 0 Å². The van der Waals surface area contributed by atoms with Crippen molar-refractivity contribution in [3.63, 3.8) is 0 Å². The predicted molar refractivity (Wildman–Crippen MR) is 50.9 cm³/mol. The minimum atomic E-state index is 0. The summed E-state index contributed by atoms with van der Waals surface area (Å²) in [5.74, 6) is 0. The van der Waals surface area contributed by atoms with Crippen LogP contribution < -0.4 is 5.32 Å². The summed E-state index contributed by atoms with van der Waals surface area (Å²) in [7, 11) is 0. The average molecular weight is 193 g/mol. The Morgan fingerprint density at radius 3 is 3.08 bits per heavy atom. The van der Waals surface area contributed by atoms with Gasteiger partial charge in [-0.1, -0.05) is 6.92 Å². The van der Waals surface area contributed by atoms with Crippen LogP contribution in [0.15, 0.2) is 0 Å². The number of likely N-dealkylation sites (N-methyl/N-ethyl adjacent to an activating group) is 1. The molecule has 2 fully saturated rings. The number of nitrogens with zero attached hydrogens (tertiary/aromatic N) is 1. The zero-order chi connectivity index (χ0) is 7.68. The van der Waals surface area contributed by atoms with Crippen LogP contribution in [0, 0.1) is 0 Å². The SMILES string of the molecule is CCN1CCO[C@@H]2CNC[C@H]21.Cl. The number of hydrogen-bond donors (Lipinski definition) is 1. The summed E-state index contributed by atoms with van der Waals surface area (Å²) in [6.45, 7) is 7.56. The first-order valence-electron chi connectivity index (χ1n) is 4.48. The first-order valence-corrected chi connectivity index (χ1v) is 4.48. The Balaban J connectivity index is 0.000000720. The van der Waals surface area contributed by atoms with Crippen molar-refractivity contribution in [3.05, 3.63) is 0 Å². The number of halogens is 1. The third-order valence-corrected chi connectivity index (χ3v) is 2.71. The van der Waals surface area contributed by atoms with Gasteiger partial charge in [0.25, 0.3) is 0 Å². The summed E-state index contributed by atoms with van der Waals surface area (Å²) in [6, 6.07) is 0.647. The highest BCUT2D eigenvalue weighted by molar-refractivity contribution is 5.85. The van der Waals surface area contributed by atoms with E-state index in [0.717, 1.165) is 32.8 Å². The minimum Gasteiger partial charge on any atom is -0.374 e. The second-order valence-electron chi connectivity index (χ2n) is 3.26. The molecule has 0 aliphatic carbocycles. The molecule has 2 saturated heterocycles. The topological polar surface area (TPSA) is 24.5 Å². The fourth-order valence-corrected chi connectivity index (χ4v) is 2.05. The van der Waals surface area contributed by atoms with Crippen molar-refractivity contribution in [2.24, 2.45) is 0 Å². The van der Waals surface area contributed by atoms with Crippen LogP contribution >= 0.6 is 12.4 Å². The van der Waals surface area contributed by atoms with E-state index < -0.39 is 0 Å². The van der Waals surface area contributed by atoms with E-state index in [2.05, 4.69) is 17.1 Å². The second-order valence-corrected chi connectivity index (χ2v) is 3.26. The van der Waals surface area contributed by atoms with Crippen molar-refractivity contribution >= 4 is 12.4 Å². The van der Waals surface area contributed by atoms with Crippen molar-refractivity contribution in [2.45, 2.75) is 19.1 Å². The number of nitrogens with one attached hydrogen (secondary N) is 1. The Morgan fingerprint density at radius 2 is 2.33 bits per heavy atom. The molecule has 1 N–H and O–H groups in total. The average Bonchev–Trinajstić information content (AvgIpc) is 2.50. The molecule has 0 radical (unpaired) electrons. The fraction of sp³-hybridized carbons (Fsp3) is 1.00. The van der Waals surface area contributed by atoms with Gasteiger partial charge in [0.1, 0.15) is 0 Å². The number of rotatable bonds is 1. The van der Waals surface area contributed by atoms with Gasteiger partial charge in [-0.15, -0.1) is 12.4 Å². The van der Waals surface area contributed by atoms with Crippen LogP contribution in [-0.4, -0.2) is 49.8 Å². The van der Waals surface area contributed by atoms with Gasteiger partial charge in [-0.2, -0.15) is 0 Å². The van der Waals surface area contributed by atoms with Crippen molar-refractivity contribution < 1.29 is 4.74 Å². The quantitative estimate of drug-likeness (QED) is 0.638. The zero-order valence-electron chi connectivity index (χ0n) is 7.45. The summed E-state index contributed by atoms with van der Waals surface area (Å²) < 4.78 is 5.63. The van der Waals surface area contributed by atoms with Crippen LogP contribution in [-0.2, 0) is 4.74 Å². The van der Waals surface area contributed by atoms with E-state index in [0.29, 0.717) is 12.1 Å². The molecule has 2 aliphatic heterocycles. The summed E-state index contributed by atoms with van der Waals surface area (Å²) in [5, 5.41) is 3.36. The zero-order valence-corrected chi connectivity index (χ0v) is 8.27. The largest absolute Gasteiger partial charge is 0.374 e. The van der Waals surface area contributed by atoms with Crippen LogP contribution in [0.1, 0.15) is 6.92 Å². The van der Waals surface area contributed by atoms with Gasteiger partial charge in [0.05, 0.1) is 12.7 Å². The molecular formula is C8H17ClN2O. The monoisotopic (exact) mass is 192 g/mol. The van der Waals surface area contributed by atoms with Crippen molar-refractivity contribution in [1.29, 1.82) is 0 Å². The maximum absolute atomic E-state index is 5.63. The summed E-state index contributed by atoms with van der Waals surface area (Å²) in [4.78, 5) is 2.51. The molecule has 0 saturated carbocycles.